The number of nitrogens with zero attached hydrogens (tertiary/aromatic N) is 2. The van der Waals surface area contributed by atoms with Gasteiger partial charge >= 0.3 is 0 Å². The van der Waals surface area contributed by atoms with E-state index >= 15 is 0 Å². The molecule has 0 aliphatic carbocycles. The van der Waals surface area contributed by atoms with Crippen molar-refractivity contribution < 1.29 is 18.5 Å². The van der Waals surface area contributed by atoms with Crippen molar-refractivity contribution in [2.45, 2.75) is 19.9 Å². The van der Waals surface area contributed by atoms with Gasteiger partial charge in [0.25, 0.3) is 5.91 Å². The van der Waals surface area contributed by atoms with Crippen LogP contribution in [0.3, 0.4) is 0 Å². The minimum atomic E-state index is -0.411. The van der Waals surface area contributed by atoms with Crippen molar-refractivity contribution in [3.8, 4) is 17.3 Å². The van der Waals surface area contributed by atoms with Gasteiger partial charge in [-0.3, -0.25) is 4.79 Å². The Kier molecular flexibility index (Phi) is 4.83. The Morgan fingerprint density at radius 1 is 1.20 bits per heavy atom. The van der Waals surface area contributed by atoms with E-state index in [0.29, 0.717) is 28.8 Å². The number of amides is 1. The minimum Gasteiger partial charge on any atom is -0.497 e. The molecule has 0 saturated heterocycles. The number of methoxy groups -OCH3 is 1. The normalized spacial score (nSPS) is 12.2. The summed E-state index contributed by atoms with van der Waals surface area (Å²) in [6.45, 7) is 3.94. The molecule has 1 aromatic carbocycles. The summed E-state index contributed by atoms with van der Waals surface area (Å²) in [5.41, 5.74) is 0.525. The van der Waals surface area contributed by atoms with Crippen LogP contribution in [-0.4, -0.2) is 23.2 Å². The molecule has 0 spiro atoms. The van der Waals surface area contributed by atoms with Crippen LogP contribution in [0.2, 0.25) is 0 Å². The molecule has 7 heteroatoms. The second-order valence-corrected chi connectivity index (χ2v) is 5.86. The molecule has 3 rings (SSSR count). The lowest BCUT2D eigenvalue weighted by atomic mass is 10.0. The Bertz CT molecular complexity index is 822. The molecule has 0 aliphatic rings. The van der Waals surface area contributed by atoms with E-state index in [2.05, 4.69) is 15.5 Å². The number of rotatable bonds is 6. The van der Waals surface area contributed by atoms with E-state index in [0.717, 1.165) is 0 Å². The average molecular weight is 341 g/mol. The van der Waals surface area contributed by atoms with Crippen molar-refractivity contribution in [3.63, 3.8) is 0 Å². The number of nitrogens with one attached hydrogen (secondary N) is 1. The van der Waals surface area contributed by atoms with Crippen molar-refractivity contribution in [2.24, 2.45) is 5.92 Å². The van der Waals surface area contributed by atoms with Crippen LogP contribution in [0.15, 0.2) is 51.6 Å². The Morgan fingerprint density at radius 2 is 1.96 bits per heavy atom. The number of carbonyl (C=O) groups excluding carboxylic acids is 1. The lowest BCUT2D eigenvalue weighted by Gasteiger charge is -2.18. The highest BCUT2D eigenvalue weighted by Gasteiger charge is 2.25. The third-order valence-electron chi connectivity index (χ3n) is 3.75. The topological polar surface area (TPSA) is 90.4 Å². The van der Waals surface area contributed by atoms with Crippen LogP contribution in [0.5, 0.6) is 5.75 Å². The first-order chi connectivity index (χ1) is 12.1. The van der Waals surface area contributed by atoms with Gasteiger partial charge in [0.05, 0.1) is 13.4 Å². The van der Waals surface area contributed by atoms with Crippen LogP contribution in [0.4, 0.5) is 0 Å². The first kappa shape index (κ1) is 16.8. The van der Waals surface area contributed by atoms with Gasteiger partial charge in [-0.25, -0.2) is 0 Å². The maximum absolute atomic E-state index is 12.5. The zero-order valence-electron chi connectivity index (χ0n) is 14.2. The second kappa shape index (κ2) is 7.21. The minimum absolute atomic E-state index is 0.0621. The molecule has 1 N–H and O–H groups in total. The fraction of sp³-hybridized carbons (Fsp3) is 0.278. The molecule has 1 unspecified atom stereocenters. The fourth-order valence-corrected chi connectivity index (χ4v) is 2.35. The maximum atomic E-state index is 12.5. The number of furan rings is 1. The lowest BCUT2D eigenvalue weighted by Crippen LogP contribution is -2.32. The molecule has 0 radical (unpaired) electrons. The molecule has 1 amide bonds. The number of hydrogen-bond acceptors (Lipinski definition) is 6. The van der Waals surface area contributed by atoms with Gasteiger partial charge in [0.2, 0.25) is 11.7 Å². The molecule has 0 aliphatic heterocycles. The highest BCUT2D eigenvalue weighted by Crippen LogP contribution is 2.24. The van der Waals surface area contributed by atoms with Gasteiger partial charge in [0, 0.05) is 5.56 Å². The number of hydrogen-bond donors (Lipinski definition) is 1. The van der Waals surface area contributed by atoms with Gasteiger partial charge in [-0.15, -0.1) is 0 Å². The van der Waals surface area contributed by atoms with Gasteiger partial charge < -0.3 is 19.0 Å². The number of ether oxygens (including phenoxy) is 1. The molecular weight excluding hydrogens is 322 g/mol. The van der Waals surface area contributed by atoms with Crippen LogP contribution in [0.25, 0.3) is 11.6 Å². The van der Waals surface area contributed by atoms with Crippen LogP contribution in [0, 0.1) is 5.92 Å². The van der Waals surface area contributed by atoms with Gasteiger partial charge in [-0.05, 0) is 42.3 Å². The molecule has 1 atom stereocenters. The summed E-state index contributed by atoms with van der Waals surface area (Å²) in [6, 6.07) is 9.96. The first-order valence-electron chi connectivity index (χ1n) is 7.91. The summed E-state index contributed by atoms with van der Waals surface area (Å²) in [4.78, 5) is 16.8. The van der Waals surface area contributed by atoms with Crippen molar-refractivity contribution in [3.05, 3.63) is 54.1 Å². The van der Waals surface area contributed by atoms with E-state index in [1.807, 2.05) is 13.8 Å². The van der Waals surface area contributed by atoms with Crippen LogP contribution >= 0.6 is 0 Å². The third kappa shape index (κ3) is 3.71. The maximum Gasteiger partial charge on any atom is 0.251 e. The van der Waals surface area contributed by atoms with E-state index < -0.39 is 6.04 Å². The summed E-state index contributed by atoms with van der Waals surface area (Å²) in [7, 11) is 1.58. The van der Waals surface area contributed by atoms with E-state index in [1.165, 1.54) is 6.26 Å². The van der Waals surface area contributed by atoms with Gasteiger partial charge in [-0.1, -0.05) is 19.0 Å². The van der Waals surface area contributed by atoms with Gasteiger partial charge in [0.1, 0.15) is 11.8 Å². The molecule has 2 aromatic heterocycles. The Balaban J connectivity index is 1.78. The van der Waals surface area contributed by atoms with E-state index in [4.69, 9.17) is 13.7 Å². The predicted molar refractivity (Wildman–Crippen MR) is 90.0 cm³/mol. The SMILES string of the molecule is COc1ccc(C(=O)NC(c2nc(-c3ccco3)no2)C(C)C)cc1. The monoisotopic (exact) mass is 341 g/mol. The zero-order valence-corrected chi connectivity index (χ0v) is 14.2. The molecule has 130 valence electrons. The Hall–Kier alpha value is -3.09. The first-order valence-corrected chi connectivity index (χ1v) is 7.91. The Morgan fingerprint density at radius 3 is 2.56 bits per heavy atom. The summed E-state index contributed by atoms with van der Waals surface area (Å²) in [5.74, 6) is 1.73. The number of benzene rings is 1. The standard InChI is InChI=1S/C18H19N3O4/c1-11(2)15(18-20-16(21-25-18)14-5-4-10-24-14)19-17(22)12-6-8-13(23-3)9-7-12/h4-11,15H,1-3H3,(H,19,22). The van der Waals surface area contributed by atoms with Crippen LogP contribution in [-0.2, 0) is 0 Å². The van der Waals surface area contributed by atoms with Crippen molar-refractivity contribution in [1.82, 2.24) is 15.5 Å². The van der Waals surface area contributed by atoms with Crippen molar-refractivity contribution in [1.29, 1.82) is 0 Å². The average Bonchev–Trinajstić information content (AvgIpc) is 3.30. The summed E-state index contributed by atoms with van der Waals surface area (Å²) < 4.78 is 15.7. The number of carbonyl (C=O) groups is 1. The summed E-state index contributed by atoms with van der Waals surface area (Å²) >= 11 is 0. The van der Waals surface area contributed by atoms with Crippen molar-refractivity contribution >= 4 is 5.91 Å². The fourth-order valence-electron chi connectivity index (χ4n) is 2.35. The summed E-state index contributed by atoms with van der Waals surface area (Å²) in [6.07, 6.45) is 1.54. The quantitative estimate of drug-likeness (QED) is 0.738. The molecule has 3 aromatic rings. The van der Waals surface area contributed by atoms with E-state index in [9.17, 15) is 4.79 Å². The molecule has 0 fully saturated rings. The zero-order chi connectivity index (χ0) is 17.8. The van der Waals surface area contributed by atoms with Gasteiger partial charge in [-0.2, -0.15) is 4.98 Å². The summed E-state index contributed by atoms with van der Waals surface area (Å²) in [5, 5.41) is 6.86. The molecule has 25 heavy (non-hydrogen) atoms. The second-order valence-electron chi connectivity index (χ2n) is 5.86. The van der Waals surface area contributed by atoms with Crippen molar-refractivity contribution in [2.75, 3.05) is 7.11 Å². The molecule has 0 bridgehead atoms. The lowest BCUT2D eigenvalue weighted by molar-refractivity contribution is 0.0914. The molecular formula is C18H19N3O4. The molecule has 0 saturated carbocycles. The highest BCUT2D eigenvalue weighted by molar-refractivity contribution is 5.94. The molecule has 2 heterocycles. The largest absolute Gasteiger partial charge is 0.497 e. The van der Waals surface area contributed by atoms with Crippen LogP contribution < -0.4 is 10.1 Å². The van der Waals surface area contributed by atoms with Crippen LogP contribution in [0.1, 0.15) is 36.1 Å². The Labute approximate surface area is 145 Å². The molecule has 7 nitrogen and oxygen atoms in total. The highest BCUT2D eigenvalue weighted by atomic mass is 16.5. The van der Waals surface area contributed by atoms with E-state index in [1.54, 1.807) is 43.5 Å². The van der Waals surface area contributed by atoms with E-state index in [-0.39, 0.29) is 11.8 Å². The third-order valence-corrected chi connectivity index (χ3v) is 3.75. The number of aromatic nitrogens is 2. The predicted octanol–water partition coefficient (Wildman–Crippen LogP) is 3.47. The smallest absolute Gasteiger partial charge is 0.251 e. The van der Waals surface area contributed by atoms with Gasteiger partial charge in [0.15, 0.2) is 5.76 Å².